The molecule has 8 heteroatoms. The Morgan fingerprint density at radius 2 is 2.04 bits per heavy atom. The van der Waals surface area contributed by atoms with Gasteiger partial charge in [0.25, 0.3) is 0 Å². The summed E-state index contributed by atoms with van der Waals surface area (Å²) >= 11 is 0. The van der Waals surface area contributed by atoms with Gasteiger partial charge >= 0.3 is 5.69 Å². The number of hydrogen-bond acceptors (Lipinski definition) is 5. The molecular formula is C19H24ClN5O2. The summed E-state index contributed by atoms with van der Waals surface area (Å²) in [6, 6.07) is 9.73. The minimum Gasteiger partial charge on any atom is -0.361 e. The van der Waals surface area contributed by atoms with Crippen LogP contribution in [0, 0.1) is 13.8 Å². The summed E-state index contributed by atoms with van der Waals surface area (Å²) < 4.78 is 8.51. The molecule has 0 saturated carbocycles. The van der Waals surface area contributed by atoms with E-state index in [1.54, 1.807) is 4.57 Å². The van der Waals surface area contributed by atoms with Gasteiger partial charge in [0, 0.05) is 18.0 Å². The number of hydrogen-bond donors (Lipinski definition) is 1. The van der Waals surface area contributed by atoms with E-state index >= 15 is 0 Å². The molecule has 2 aromatic heterocycles. The molecule has 1 aromatic carbocycles. The fourth-order valence-electron chi connectivity index (χ4n) is 3.56. The summed E-state index contributed by atoms with van der Waals surface area (Å²) in [6.07, 6.45) is 2.12. The van der Waals surface area contributed by atoms with Crippen molar-refractivity contribution >= 4 is 12.4 Å². The molecule has 27 heavy (non-hydrogen) atoms. The van der Waals surface area contributed by atoms with E-state index < -0.39 is 0 Å². The van der Waals surface area contributed by atoms with Crippen molar-refractivity contribution in [1.82, 2.24) is 24.8 Å². The summed E-state index contributed by atoms with van der Waals surface area (Å²) in [7, 11) is 0. The van der Waals surface area contributed by atoms with Gasteiger partial charge in [0.2, 0.25) is 0 Å². The van der Waals surface area contributed by atoms with E-state index in [0.29, 0.717) is 6.54 Å². The molecular weight excluding hydrogens is 366 g/mol. The number of nitrogens with one attached hydrogen (secondary N) is 1. The molecule has 4 rings (SSSR count). The van der Waals surface area contributed by atoms with Crippen molar-refractivity contribution in [3.05, 3.63) is 63.7 Å². The molecule has 3 aromatic rings. The molecule has 0 amide bonds. The van der Waals surface area contributed by atoms with Crippen LogP contribution in [0.5, 0.6) is 0 Å². The first kappa shape index (κ1) is 19.4. The van der Waals surface area contributed by atoms with Crippen LogP contribution >= 0.6 is 12.4 Å². The van der Waals surface area contributed by atoms with E-state index in [4.69, 9.17) is 9.62 Å². The van der Waals surface area contributed by atoms with Crippen LogP contribution in [0.15, 0.2) is 39.6 Å². The van der Waals surface area contributed by atoms with Crippen LogP contribution in [0.3, 0.4) is 0 Å². The fourth-order valence-corrected chi connectivity index (χ4v) is 3.56. The number of aryl methyl sites for hydroxylation is 2. The number of halogens is 1. The van der Waals surface area contributed by atoms with Gasteiger partial charge in [-0.2, -0.15) is 5.10 Å². The van der Waals surface area contributed by atoms with Crippen molar-refractivity contribution in [3.63, 3.8) is 0 Å². The largest absolute Gasteiger partial charge is 0.361 e. The lowest BCUT2D eigenvalue weighted by Crippen LogP contribution is -2.31. The van der Waals surface area contributed by atoms with Crippen LogP contribution in [0.2, 0.25) is 0 Å². The second kappa shape index (κ2) is 8.10. The number of nitrogens with zero attached hydrogens (tertiary/aromatic N) is 4. The second-order valence-electron chi connectivity index (χ2n) is 6.82. The molecule has 1 fully saturated rings. The van der Waals surface area contributed by atoms with E-state index in [1.807, 2.05) is 44.2 Å². The smallest absolute Gasteiger partial charge is 0.350 e. The van der Waals surface area contributed by atoms with Crippen molar-refractivity contribution in [2.75, 3.05) is 13.1 Å². The van der Waals surface area contributed by atoms with Crippen LogP contribution in [-0.4, -0.2) is 32.6 Å². The fraction of sp³-hybridized carbons (Fsp3) is 0.421. The molecule has 1 atom stereocenters. The second-order valence-corrected chi connectivity index (χ2v) is 6.82. The van der Waals surface area contributed by atoms with Crippen LogP contribution in [0.1, 0.15) is 41.6 Å². The molecule has 1 unspecified atom stereocenters. The van der Waals surface area contributed by atoms with Gasteiger partial charge in [0.1, 0.15) is 11.6 Å². The van der Waals surface area contributed by atoms with Crippen LogP contribution < -0.4 is 11.0 Å². The Bertz CT molecular complexity index is 935. The lowest BCUT2D eigenvalue weighted by molar-refractivity contribution is 0.391. The first-order chi connectivity index (χ1) is 12.6. The molecule has 3 heterocycles. The van der Waals surface area contributed by atoms with Gasteiger partial charge in [0.05, 0.1) is 17.9 Å². The number of para-hydroxylation sites is 1. The van der Waals surface area contributed by atoms with Gasteiger partial charge < -0.3 is 9.84 Å². The molecule has 0 aliphatic carbocycles. The SMILES string of the molecule is Cc1noc(C)c1Cn1nc(C2CCCNC2)n(-c2ccccc2)c1=O.Cl. The Hall–Kier alpha value is -2.38. The number of benzene rings is 1. The maximum absolute atomic E-state index is 13.2. The number of piperidine rings is 1. The van der Waals surface area contributed by atoms with Crippen molar-refractivity contribution in [3.8, 4) is 5.69 Å². The average Bonchev–Trinajstić information content (AvgIpc) is 3.17. The molecule has 7 nitrogen and oxygen atoms in total. The van der Waals surface area contributed by atoms with Gasteiger partial charge in [-0.25, -0.2) is 14.0 Å². The molecule has 0 spiro atoms. The molecule has 1 aliphatic heterocycles. The van der Waals surface area contributed by atoms with Crippen molar-refractivity contribution in [2.24, 2.45) is 0 Å². The highest BCUT2D eigenvalue weighted by Gasteiger charge is 2.25. The minimum absolute atomic E-state index is 0. The number of aromatic nitrogens is 4. The zero-order chi connectivity index (χ0) is 18.1. The Morgan fingerprint density at radius 1 is 1.26 bits per heavy atom. The monoisotopic (exact) mass is 389 g/mol. The molecule has 0 bridgehead atoms. The van der Waals surface area contributed by atoms with E-state index in [2.05, 4.69) is 10.5 Å². The zero-order valence-corrected chi connectivity index (χ0v) is 16.3. The lowest BCUT2D eigenvalue weighted by atomic mass is 9.99. The first-order valence-corrected chi connectivity index (χ1v) is 9.03. The van der Waals surface area contributed by atoms with Crippen LogP contribution in [0.4, 0.5) is 0 Å². The highest BCUT2D eigenvalue weighted by molar-refractivity contribution is 5.85. The standard InChI is InChI=1S/C19H23N5O2.ClH/c1-13-17(14(2)26-22-13)12-23-19(25)24(16-8-4-3-5-9-16)18(21-23)15-7-6-10-20-11-15;/h3-5,8-9,15,20H,6-7,10-12H2,1-2H3;1H. The normalized spacial score (nSPS) is 16.9. The third-order valence-electron chi connectivity index (χ3n) is 5.03. The number of rotatable bonds is 4. The van der Waals surface area contributed by atoms with Gasteiger partial charge in [-0.05, 0) is 45.4 Å². The predicted octanol–water partition coefficient (Wildman–Crippen LogP) is 2.58. The Labute approximate surface area is 163 Å². The Morgan fingerprint density at radius 3 is 2.67 bits per heavy atom. The Balaban J connectivity index is 0.00000210. The quantitative estimate of drug-likeness (QED) is 0.742. The lowest BCUT2D eigenvalue weighted by Gasteiger charge is -2.22. The van der Waals surface area contributed by atoms with Crippen molar-refractivity contribution in [2.45, 2.75) is 39.2 Å². The summed E-state index contributed by atoms with van der Waals surface area (Å²) in [5.74, 6) is 1.77. The maximum Gasteiger partial charge on any atom is 0.350 e. The van der Waals surface area contributed by atoms with E-state index in [0.717, 1.165) is 54.5 Å². The molecule has 1 aliphatic rings. The predicted molar refractivity (Wildman–Crippen MR) is 105 cm³/mol. The van der Waals surface area contributed by atoms with Gasteiger partial charge in [-0.1, -0.05) is 23.4 Å². The van der Waals surface area contributed by atoms with E-state index in [1.165, 1.54) is 4.68 Å². The summed E-state index contributed by atoms with van der Waals surface area (Å²) in [4.78, 5) is 13.2. The third kappa shape index (κ3) is 3.70. The van der Waals surface area contributed by atoms with E-state index in [9.17, 15) is 4.79 Å². The van der Waals surface area contributed by atoms with Crippen molar-refractivity contribution in [1.29, 1.82) is 0 Å². The molecule has 0 radical (unpaired) electrons. The van der Waals surface area contributed by atoms with Gasteiger partial charge in [0.15, 0.2) is 0 Å². The summed E-state index contributed by atoms with van der Waals surface area (Å²) in [5.41, 5.74) is 2.43. The third-order valence-corrected chi connectivity index (χ3v) is 5.03. The minimum atomic E-state index is -0.128. The Kier molecular flexibility index (Phi) is 5.82. The first-order valence-electron chi connectivity index (χ1n) is 9.03. The highest BCUT2D eigenvalue weighted by atomic mass is 35.5. The summed E-state index contributed by atoms with van der Waals surface area (Å²) in [5, 5.41) is 12.1. The molecule has 1 saturated heterocycles. The zero-order valence-electron chi connectivity index (χ0n) is 15.5. The van der Waals surface area contributed by atoms with Gasteiger partial charge in [-0.15, -0.1) is 12.4 Å². The molecule has 144 valence electrons. The molecule has 1 N–H and O–H groups in total. The summed E-state index contributed by atoms with van der Waals surface area (Å²) in [6.45, 7) is 5.98. The van der Waals surface area contributed by atoms with Crippen molar-refractivity contribution < 1.29 is 4.52 Å². The topological polar surface area (TPSA) is 77.9 Å². The average molecular weight is 390 g/mol. The van der Waals surface area contributed by atoms with Crippen LogP contribution in [0.25, 0.3) is 5.69 Å². The highest BCUT2D eigenvalue weighted by Crippen LogP contribution is 2.23. The van der Waals surface area contributed by atoms with E-state index in [-0.39, 0.29) is 24.0 Å². The van der Waals surface area contributed by atoms with Gasteiger partial charge in [-0.3, -0.25) is 0 Å². The maximum atomic E-state index is 13.2. The van der Waals surface area contributed by atoms with Crippen LogP contribution in [-0.2, 0) is 6.54 Å².